The number of hydrogen-bond acceptors (Lipinski definition) is 1. The van der Waals surface area contributed by atoms with E-state index in [4.69, 9.17) is 5.73 Å². The summed E-state index contributed by atoms with van der Waals surface area (Å²) in [5, 5.41) is 0. The zero-order chi connectivity index (χ0) is 13.4. The van der Waals surface area contributed by atoms with Crippen LogP contribution in [0.1, 0.15) is 29.5 Å². The van der Waals surface area contributed by atoms with Crippen molar-refractivity contribution in [2.24, 2.45) is 11.7 Å². The van der Waals surface area contributed by atoms with Gasteiger partial charge in [0.15, 0.2) is 0 Å². The Morgan fingerprint density at radius 1 is 1.16 bits per heavy atom. The van der Waals surface area contributed by atoms with Gasteiger partial charge in [-0.15, -0.1) is 0 Å². The van der Waals surface area contributed by atoms with Crippen molar-refractivity contribution in [1.29, 1.82) is 0 Å². The first-order valence-electron chi connectivity index (χ1n) is 6.42. The average Bonchev–Trinajstić information content (AvgIpc) is 3.22. The predicted molar refractivity (Wildman–Crippen MR) is 91.1 cm³/mol. The van der Waals surface area contributed by atoms with Crippen molar-refractivity contribution < 1.29 is 0 Å². The summed E-state index contributed by atoms with van der Waals surface area (Å²) in [6.45, 7) is 0. The van der Waals surface area contributed by atoms with Crippen molar-refractivity contribution >= 4 is 38.5 Å². The summed E-state index contributed by atoms with van der Waals surface area (Å²) >= 11 is 5.91. The van der Waals surface area contributed by atoms with E-state index in [9.17, 15) is 0 Å². The maximum Gasteiger partial charge on any atom is 0.0340 e. The molecule has 1 nitrogen and oxygen atoms in total. The Balaban J connectivity index is 1.80. The molecule has 19 heavy (non-hydrogen) atoms. The second-order valence-corrected chi connectivity index (χ2v) is 7.19. The molecule has 0 radical (unpaired) electrons. The van der Waals surface area contributed by atoms with Crippen molar-refractivity contribution in [3.05, 3.63) is 67.7 Å². The third-order valence-electron chi connectivity index (χ3n) is 3.85. The Morgan fingerprint density at radius 2 is 1.89 bits per heavy atom. The summed E-state index contributed by atoms with van der Waals surface area (Å²) in [7, 11) is 0. The lowest BCUT2D eigenvalue weighted by atomic mass is 10.00. The normalized spacial score (nSPS) is 23.1. The highest BCUT2D eigenvalue weighted by molar-refractivity contribution is 14.1. The van der Waals surface area contributed by atoms with Gasteiger partial charge in [-0.25, -0.2) is 0 Å². The first-order chi connectivity index (χ1) is 9.16. The fourth-order valence-electron chi connectivity index (χ4n) is 2.70. The zero-order valence-electron chi connectivity index (χ0n) is 10.4. The lowest BCUT2D eigenvalue weighted by Crippen LogP contribution is -2.15. The van der Waals surface area contributed by atoms with Crippen molar-refractivity contribution in [3.8, 4) is 0 Å². The molecule has 0 spiro atoms. The Bertz CT molecular complexity index is 585. The summed E-state index contributed by atoms with van der Waals surface area (Å²) in [4.78, 5) is 0. The second kappa shape index (κ2) is 5.54. The van der Waals surface area contributed by atoms with E-state index in [1.165, 1.54) is 21.1 Å². The molecule has 1 aliphatic carbocycles. The van der Waals surface area contributed by atoms with Gasteiger partial charge < -0.3 is 5.73 Å². The molecule has 3 rings (SSSR count). The van der Waals surface area contributed by atoms with Crippen LogP contribution in [0.2, 0.25) is 0 Å². The van der Waals surface area contributed by atoms with Crippen LogP contribution in [0.15, 0.2) is 53.0 Å². The molecule has 0 aromatic heterocycles. The number of benzene rings is 2. The fraction of sp³-hybridized carbons (Fsp3) is 0.250. The fourth-order valence-corrected chi connectivity index (χ4v) is 3.77. The van der Waals surface area contributed by atoms with Crippen LogP contribution in [-0.2, 0) is 0 Å². The van der Waals surface area contributed by atoms with Crippen molar-refractivity contribution in [2.45, 2.75) is 18.4 Å². The molecule has 2 aromatic carbocycles. The monoisotopic (exact) mass is 427 g/mol. The Hall–Kier alpha value is -0.390. The highest BCUT2D eigenvalue weighted by atomic mass is 127. The van der Waals surface area contributed by atoms with Crippen LogP contribution in [0.5, 0.6) is 0 Å². The van der Waals surface area contributed by atoms with Crippen LogP contribution in [0.3, 0.4) is 0 Å². The second-order valence-electron chi connectivity index (χ2n) is 5.11. The van der Waals surface area contributed by atoms with Crippen LogP contribution < -0.4 is 5.73 Å². The van der Waals surface area contributed by atoms with E-state index in [-0.39, 0.29) is 6.04 Å². The highest BCUT2D eigenvalue weighted by Crippen LogP contribution is 2.53. The Kier molecular flexibility index (Phi) is 3.96. The van der Waals surface area contributed by atoms with Gasteiger partial charge in [-0.1, -0.05) is 46.3 Å². The lowest BCUT2D eigenvalue weighted by molar-refractivity contribution is 0.613. The van der Waals surface area contributed by atoms with Crippen molar-refractivity contribution in [1.82, 2.24) is 0 Å². The van der Waals surface area contributed by atoms with Gasteiger partial charge in [0.05, 0.1) is 0 Å². The topological polar surface area (TPSA) is 26.0 Å². The Morgan fingerprint density at radius 3 is 2.63 bits per heavy atom. The number of rotatable bonds is 3. The maximum atomic E-state index is 6.47. The van der Waals surface area contributed by atoms with Crippen molar-refractivity contribution in [3.63, 3.8) is 0 Å². The van der Waals surface area contributed by atoms with Crippen molar-refractivity contribution in [2.75, 3.05) is 0 Å². The van der Waals surface area contributed by atoms with E-state index in [0.717, 1.165) is 4.47 Å². The SMILES string of the molecule is NC(c1cc(Br)ccc1I)C1CC1c1ccccc1. The van der Waals surface area contributed by atoms with E-state index in [1.54, 1.807) is 0 Å². The van der Waals surface area contributed by atoms with Gasteiger partial charge in [0.1, 0.15) is 0 Å². The molecule has 3 unspecified atom stereocenters. The first kappa shape index (κ1) is 13.6. The van der Waals surface area contributed by atoms with Gasteiger partial charge in [0.2, 0.25) is 0 Å². The van der Waals surface area contributed by atoms with E-state index in [2.05, 4.69) is 87.1 Å². The smallest absolute Gasteiger partial charge is 0.0340 e. The summed E-state index contributed by atoms with van der Waals surface area (Å²) in [5.74, 6) is 1.20. The molecule has 2 N–H and O–H groups in total. The highest BCUT2D eigenvalue weighted by Gasteiger charge is 2.43. The van der Waals surface area contributed by atoms with Crippen LogP contribution in [-0.4, -0.2) is 0 Å². The van der Waals surface area contributed by atoms with Crippen LogP contribution in [0.25, 0.3) is 0 Å². The zero-order valence-corrected chi connectivity index (χ0v) is 14.1. The standard InChI is InChI=1S/C16H15BrIN/c17-11-6-7-15(18)14(8-11)16(19)13-9-12(13)10-4-2-1-3-5-10/h1-8,12-13,16H,9,19H2. The molecule has 0 bridgehead atoms. The van der Waals surface area contributed by atoms with Crippen LogP contribution in [0.4, 0.5) is 0 Å². The van der Waals surface area contributed by atoms with Gasteiger partial charge in [-0.2, -0.15) is 0 Å². The maximum absolute atomic E-state index is 6.47. The molecule has 0 aliphatic heterocycles. The predicted octanol–water partition coefficient (Wildman–Crippen LogP) is 4.86. The van der Waals surface area contributed by atoms with Crippen LogP contribution >= 0.6 is 38.5 Å². The molecule has 2 aromatic rings. The number of hydrogen-bond donors (Lipinski definition) is 1. The number of nitrogens with two attached hydrogens (primary N) is 1. The van der Waals surface area contributed by atoms with E-state index >= 15 is 0 Å². The molecule has 0 saturated heterocycles. The number of halogens is 2. The minimum Gasteiger partial charge on any atom is -0.324 e. The molecule has 3 heteroatoms. The minimum absolute atomic E-state index is 0.134. The van der Waals surface area contributed by atoms with Gasteiger partial charge in [-0.05, 0) is 70.2 Å². The molecule has 1 saturated carbocycles. The van der Waals surface area contributed by atoms with Crippen LogP contribution in [0, 0.1) is 9.49 Å². The summed E-state index contributed by atoms with van der Waals surface area (Å²) in [6.07, 6.45) is 1.20. The Labute approximate surface area is 135 Å². The largest absolute Gasteiger partial charge is 0.324 e. The molecule has 3 atom stereocenters. The average molecular weight is 428 g/mol. The molecular formula is C16H15BrIN. The molecule has 1 aliphatic rings. The minimum atomic E-state index is 0.134. The third kappa shape index (κ3) is 2.88. The summed E-state index contributed by atoms with van der Waals surface area (Å²) < 4.78 is 2.36. The molecule has 98 valence electrons. The molecular weight excluding hydrogens is 413 g/mol. The third-order valence-corrected chi connectivity index (χ3v) is 5.32. The van der Waals surface area contributed by atoms with Gasteiger partial charge in [0, 0.05) is 14.1 Å². The quantitative estimate of drug-likeness (QED) is 0.695. The molecule has 1 fully saturated rings. The van der Waals surface area contributed by atoms with Gasteiger partial charge >= 0.3 is 0 Å². The lowest BCUT2D eigenvalue weighted by Gasteiger charge is -2.14. The summed E-state index contributed by atoms with van der Waals surface area (Å²) in [5.41, 5.74) is 9.16. The molecule has 0 amide bonds. The first-order valence-corrected chi connectivity index (χ1v) is 8.29. The van der Waals surface area contributed by atoms with E-state index in [0.29, 0.717) is 11.8 Å². The van der Waals surface area contributed by atoms with Gasteiger partial charge in [0.25, 0.3) is 0 Å². The molecule has 0 heterocycles. The van der Waals surface area contributed by atoms with Gasteiger partial charge in [-0.3, -0.25) is 0 Å². The van der Waals surface area contributed by atoms with E-state index in [1.807, 2.05) is 0 Å². The van der Waals surface area contributed by atoms with E-state index < -0.39 is 0 Å². The summed E-state index contributed by atoms with van der Waals surface area (Å²) in [6, 6.07) is 17.2.